The van der Waals surface area contributed by atoms with Crippen LogP contribution in [0.15, 0.2) is 36.7 Å². The van der Waals surface area contributed by atoms with Crippen molar-refractivity contribution in [3.8, 4) is 5.75 Å². The highest BCUT2D eigenvalue weighted by atomic mass is 16.5. The Morgan fingerprint density at radius 3 is 1.91 bits per heavy atom. The molecule has 2 aromatic rings. The number of hydrogen-bond donors (Lipinski definition) is 2. The average Bonchev–Trinajstić information content (AvgIpc) is 3.22. The first-order valence-electron chi connectivity index (χ1n) is 14.8. The van der Waals surface area contributed by atoms with Gasteiger partial charge in [-0.1, -0.05) is 110 Å². The van der Waals surface area contributed by atoms with Crippen LogP contribution in [0.4, 0.5) is 0 Å². The first-order valence-corrected chi connectivity index (χ1v) is 14.8. The molecule has 3 nitrogen and oxygen atoms in total. The zero-order valence-corrected chi connectivity index (χ0v) is 23.2. The molecular weight excluding hydrogens is 428 g/mol. The third-order valence-corrected chi connectivity index (χ3v) is 6.92. The molecule has 0 aliphatic heterocycles. The van der Waals surface area contributed by atoms with Gasteiger partial charge in [-0.05, 0) is 44.0 Å². The highest BCUT2D eigenvalue weighted by Gasteiger charge is 2.08. The van der Waals surface area contributed by atoms with Crippen LogP contribution in [0.1, 0.15) is 129 Å². The summed E-state index contributed by atoms with van der Waals surface area (Å²) in [6, 6.07) is 6.28. The van der Waals surface area contributed by atoms with Gasteiger partial charge < -0.3 is 15.0 Å². The van der Waals surface area contributed by atoms with Gasteiger partial charge in [-0.15, -0.1) is 0 Å². The fraction of sp³-hybridized carbons (Fsp3) is 0.688. The lowest BCUT2D eigenvalue weighted by Gasteiger charge is -2.11. The van der Waals surface area contributed by atoms with Crippen molar-refractivity contribution in [2.75, 3.05) is 6.54 Å². The van der Waals surface area contributed by atoms with E-state index in [9.17, 15) is 0 Å². The third-order valence-electron chi connectivity index (χ3n) is 6.92. The molecule has 0 radical (unpaired) electrons. The minimum atomic E-state index is 0.186. The Kier molecular flexibility index (Phi) is 15.4. The number of aromatic amines is 1. The number of H-pyrrole nitrogens is 1. The van der Waals surface area contributed by atoms with Crippen LogP contribution >= 0.6 is 0 Å². The molecule has 0 atom stereocenters. The second-order valence-corrected chi connectivity index (χ2v) is 10.7. The van der Waals surface area contributed by atoms with Crippen molar-refractivity contribution in [1.29, 1.82) is 0 Å². The molecule has 0 saturated heterocycles. The van der Waals surface area contributed by atoms with E-state index in [4.69, 9.17) is 4.74 Å². The summed E-state index contributed by atoms with van der Waals surface area (Å²) in [4.78, 5) is 3.38. The summed E-state index contributed by atoms with van der Waals surface area (Å²) in [5.41, 5.74) is 3.53. The Morgan fingerprint density at radius 2 is 1.37 bits per heavy atom. The molecular formula is C32H54N2O. The summed E-state index contributed by atoms with van der Waals surface area (Å²) in [6.07, 6.45) is 25.7. The minimum Gasteiger partial charge on any atom is -0.491 e. The number of aromatic nitrogens is 1. The lowest BCUT2D eigenvalue weighted by Crippen LogP contribution is -2.15. The van der Waals surface area contributed by atoms with Crippen molar-refractivity contribution in [2.45, 2.75) is 136 Å². The quantitative estimate of drug-likeness (QED) is 0.164. The molecule has 0 spiro atoms. The Labute approximate surface area is 216 Å². The first kappa shape index (κ1) is 29.3. The lowest BCUT2D eigenvalue weighted by molar-refractivity contribution is 0.243. The summed E-state index contributed by atoms with van der Waals surface area (Å²) in [5, 5.41) is 4.77. The van der Waals surface area contributed by atoms with E-state index in [0.29, 0.717) is 0 Å². The van der Waals surface area contributed by atoms with Crippen molar-refractivity contribution in [1.82, 2.24) is 10.3 Å². The number of unbranched alkanes of at least 4 members (excludes halogenated alkanes) is 15. The first-order chi connectivity index (χ1) is 17.1. The van der Waals surface area contributed by atoms with E-state index >= 15 is 0 Å². The summed E-state index contributed by atoms with van der Waals surface area (Å²) in [6.45, 7) is 11.7. The molecule has 0 aliphatic carbocycles. The van der Waals surface area contributed by atoms with Crippen LogP contribution in [0.5, 0.6) is 5.75 Å². The molecule has 3 heteroatoms. The number of nitrogens with one attached hydrogen (secondary N) is 2. The number of benzene rings is 1. The van der Waals surface area contributed by atoms with Crippen molar-refractivity contribution in [2.24, 2.45) is 0 Å². The Bertz CT molecular complexity index is 807. The molecule has 2 rings (SSSR count). The maximum Gasteiger partial charge on any atom is 0.120 e. The van der Waals surface area contributed by atoms with Gasteiger partial charge in [-0.3, -0.25) is 0 Å². The van der Waals surface area contributed by atoms with E-state index in [2.05, 4.69) is 56.0 Å². The van der Waals surface area contributed by atoms with E-state index in [0.717, 1.165) is 29.9 Å². The third kappa shape index (κ3) is 13.1. The van der Waals surface area contributed by atoms with E-state index in [-0.39, 0.29) is 6.10 Å². The van der Waals surface area contributed by atoms with Gasteiger partial charge in [0.25, 0.3) is 0 Å². The normalized spacial score (nSPS) is 11.4. The Morgan fingerprint density at radius 1 is 0.829 bits per heavy atom. The molecule has 0 aliphatic rings. The standard InChI is InChI=1S/C32H54N2O/c1-5-6-7-8-9-10-11-12-13-14-15-16-17-18-19-20-23-33-28(4)24-29-26-34-32-22-21-30(25-31(29)32)35-27(2)3/h21-22,25-27,33-34H,4-20,23-24H2,1-3H3. The van der Waals surface area contributed by atoms with Crippen molar-refractivity contribution in [3.63, 3.8) is 0 Å². The van der Waals surface area contributed by atoms with Crippen molar-refractivity contribution < 1.29 is 4.74 Å². The molecule has 0 saturated carbocycles. The fourth-order valence-electron chi connectivity index (χ4n) is 4.88. The maximum absolute atomic E-state index is 5.87. The number of hydrogen-bond acceptors (Lipinski definition) is 2. The number of fused-ring (bicyclic) bond motifs is 1. The SMILES string of the molecule is C=C(Cc1c[nH]c2ccc(OC(C)C)cc12)NCCCCCCCCCCCCCCCCCC. The molecule has 0 unspecified atom stereocenters. The van der Waals surface area contributed by atoms with Crippen LogP contribution in [-0.4, -0.2) is 17.6 Å². The van der Waals surface area contributed by atoms with Crippen LogP contribution in [0, 0.1) is 0 Å². The topological polar surface area (TPSA) is 37.0 Å². The van der Waals surface area contributed by atoms with Gasteiger partial charge in [0.05, 0.1) is 6.10 Å². The van der Waals surface area contributed by atoms with Gasteiger partial charge in [-0.2, -0.15) is 0 Å². The van der Waals surface area contributed by atoms with Gasteiger partial charge >= 0.3 is 0 Å². The molecule has 2 N–H and O–H groups in total. The molecule has 1 aromatic carbocycles. The molecule has 0 bridgehead atoms. The predicted octanol–water partition coefficient (Wildman–Crippen LogP) is 9.86. The second kappa shape index (κ2) is 18.4. The van der Waals surface area contributed by atoms with Crippen LogP contribution in [0.3, 0.4) is 0 Å². The molecule has 0 amide bonds. The highest BCUT2D eigenvalue weighted by Crippen LogP contribution is 2.25. The van der Waals surface area contributed by atoms with Crippen molar-refractivity contribution in [3.05, 3.63) is 42.2 Å². The number of rotatable bonds is 22. The summed E-state index contributed by atoms with van der Waals surface area (Å²) < 4.78 is 5.87. The van der Waals surface area contributed by atoms with Gasteiger partial charge in [-0.25, -0.2) is 0 Å². The lowest BCUT2D eigenvalue weighted by atomic mass is 10.0. The molecule has 0 fully saturated rings. The van der Waals surface area contributed by atoms with Gasteiger partial charge in [0.1, 0.15) is 5.75 Å². The number of allylic oxidation sites excluding steroid dienone is 1. The van der Waals surface area contributed by atoms with E-state index in [1.54, 1.807) is 0 Å². The van der Waals surface area contributed by atoms with Gasteiger partial charge in [0.15, 0.2) is 0 Å². The maximum atomic E-state index is 5.87. The predicted molar refractivity (Wildman–Crippen MR) is 154 cm³/mol. The fourth-order valence-corrected chi connectivity index (χ4v) is 4.88. The van der Waals surface area contributed by atoms with Crippen LogP contribution in [-0.2, 0) is 6.42 Å². The monoisotopic (exact) mass is 482 g/mol. The minimum absolute atomic E-state index is 0.186. The molecule has 1 heterocycles. The number of ether oxygens (including phenoxy) is 1. The molecule has 35 heavy (non-hydrogen) atoms. The average molecular weight is 483 g/mol. The Balaban J connectivity index is 1.43. The van der Waals surface area contributed by atoms with E-state index < -0.39 is 0 Å². The summed E-state index contributed by atoms with van der Waals surface area (Å²) in [7, 11) is 0. The van der Waals surface area contributed by atoms with Crippen molar-refractivity contribution >= 4 is 10.9 Å². The van der Waals surface area contributed by atoms with Crippen LogP contribution in [0.2, 0.25) is 0 Å². The van der Waals surface area contributed by atoms with E-state index in [1.807, 2.05) is 6.07 Å². The smallest absolute Gasteiger partial charge is 0.120 e. The zero-order valence-electron chi connectivity index (χ0n) is 23.2. The largest absolute Gasteiger partial charge is 0.491 e. The summed E-state index contributed by atoms with van der Waals surface area (Å²) in [5.74, 6) is 0.931. The van der Waals surface area contributed by atoms with Crippen LogP contribution < -0.4 is 10.1 Å². The summed E-state index contributed by atoms with van der Waals surface area (Å²) >= 11 is 0. The molecule has 198 valence electrons. The molecule has 1 aromatic heterocycles. The van der Waals surface area contributed by atoms with Gasteiger partial charge in [0.2, 0.25) is 0 Å². The highest BCUT2D eigenvalue weighted by molar-refractivity contribution is 5.84. The zero-order chi connectivity index (χ0) is 25.1. The Hall–Kier alpha value is -1.90. The van der Waals surface area contributed by atoms with Gasteiger partial charge in [0, 0.05) is 35.8 Å². The van der Waals surface area contributed by atoms with Crippen LogP contribution in [0.25, 0.3) is 10.9 Å². The second-order valence-electron chi connectivity index (χ2n) is 10.7. The van der Waals surface area contributed by atoms with E-state index in [1.165, 1.54) is 114 Å².